The van der Waals surface area contributed by atoms with Crippen molar-refractivity contribution in [2.75, 3.05) is 25.1 Å². The maximum absolute atomic E-state index is 11.8. The van der Waals surface area contributed by atoms with Crippen LogP contribution in [0.1, 0.15) is 32.8 Å². The van der Waals surface area contributed by atoms with Gasteiger partial charge in [-0.05, 0) is 63.4 Å². The maximum atomic E-state index is 11.8. The second-order valence-corrected chi connectivity index (χ2v) is 8.41. The first-order valence-corrected chi connectivity index (χ1v) is 10.4. The molecule has 3 rings (SSSR count). The van der Waals surface area contributed by atoms with Crippen molar-refractivity contribution >= 4 is 23.1 Å². The minimum atomic E-state index is -0.831. The maximum Gasteiger partial charge on any atom is 0.310 e. The molecule has 3 aromatic rings. The molecule has 6 heteroatoms. The summed E-state index contributed by atoms with van der Waals surface area (Å²) in [4.78, 5) is 18.2. The number of oxazole rings is 1. The summed E-state index contributed by atoms with van der Waals surface area (Å²) in [6.07, 6.45) is 2.96. The lowest BCUT2D eigenvalue weighted by atomic mass is 9.80. The largest absolute Gasteiger partial charge is 0.492 e. The summed E-state index contributed by atoms with van der Waals surface area (Å²) in [6, 6.07) is 15.9. The van der Waals surface area contributed by atoms with Gasteiger partial charge in [-0.1, -0.05) is 35.9 Å². The fraction of sp³-hybridized carbons (Fsp3) is 0.360. The van der Waals surface area contributed by atoms with Gasteiger partial charge in [0.25, 0.3) is 6.01 Å². The summed E-state index contributed by atoms with van der Waals surface area (Å²) in [5.41, 5.74) is 2.86. The van der Waals surface area contributed by atoms with Crippen LogP contribution in [-0.2, 0) is 11.2 Å². The lowest BCUT2D eigenvalue weighted by Gasteiger charge is -2.24. The van der Waals surface area contributed by atoms with Crippen LogP contribution in [0.15, 0.2) is 64.6 Å². The quantitative estimate of drug-likeness (QED) is 0.445. The number of carboxylic acid groups (broad SMARTS) is 1. The average molecular weight is 423 g/mol. The fourth-order valence-electron chi connectivity index (χ4n) is 3.24. The number of fused-ring (bicyclic) bond motifs is 1. The van der Waals surface area contributed by atoms with E-state index in [-0.39, 0.29) is 0 Å². The summed E-state index contributed by atoms with van der Waals surface area (Å²) in [6.45, 7) is 6.85. The lowest BCUT2D eigenvalue weighted by Crippen LogP contribution is -2.29. The molecule has 0 aliphatic rings. The van der Waals surface area contributed by atoms with Crippen LogP contribution in [0.25, 0.3) is 11.1 Å². The Morgan fingerprint density at radius 2 is 1.90 bits per heavy atom. The van der Waals surface area contributed by atoms with Crippen molar-refractivity contribution in [3.05, 3.63) is 65.7 Å². The number of nitrogens with zero attached hydrogens (tertiary/aromatic N) is 2. The number of carbonyl (C=O) groups is 1. The van der Waals surface area contributed by atoms with Gasteiger partial charge in [-0.2, -0.15) is 4.98 Å². The molecule has 1 unspecified atom stereocenters. The van der Waals surface area contributed by atoms with Crippen molar-refractivity contribution in [1.82, 2.24) is 4.98 Å². The Bertz CT molecular complexity index is 1020. The molecule has 2 aromatic carbocycles. The normalized spacial score (nSPS) is 12.9. The van der Waals surface area contributed by atoms with Gasteiger partial charge >= 0.3 is 5.97 Å². The SMILES string of the molecule is CC(C)=CCC(C)(Cc1ccc(OCCN(C)c2nc3ccccc3o2)cc1)C(=O)O. The summed E-state index contributed by atoms with van der Waals surface area (Å²) in [7, 11) is 1.91. The van der Waals surface area contributed by atoms with Crippen LogP contribution in [0.2, 0.25) is 0 Å². The first kappa shape index (κ1) is 22.4. The number of ether oxygens (including phenoxy) is 1. The molecular formula is C25H30N2O4. The fourth-order valence-corrected chi connectivity index (χ4v) is 3.24. The van der Waals surface area contributed by atoms with Crippen LogP contribution >= 0.6 is 0 Å². The zero-order valence-corrected chi connectivity index (χ0v) is 18.6. The number of aromatic nitrogens is 1. The molecule has 1 heterocycles. The monoisotopic (exact) mass is 422 g/mol. The minimum absolute atomic E-state index is 0.465. The molecule has 1 atom stereocenters. The van der Waals surface area contributed by atoms with E-state index in [9.17, 15) is 9.90 Å². The Hall–Kier alpha value is -3.28. The zero-order valence-electron chi connectivity index (χ0n) is 18.6. The highest BCUT2D eigenvalue weighted by Crippen LogP contribution is 2.29. The summed E-state index contributed by atoms with van der Waals surface area (Å²) in [5, 5.41) is 9.70. The number of hydrogen-bond donors (Lipinski definition) is 1. The lowest BCUT2D eigenvalue weighted by molar-refractivity contribution is -0.147. The van der Waals surface area contributed by atoms with E-state index >= 15 is 0 Å². The number of hydrogen-bond acceptors (Lipinski definition) is 5. The molecule has 0 bridgehead atoms. The second-order valence-electron chi connectivity index (χ2n) is 8.41. The predicted octanol–water partition coefficient (Wildman–Crippen LogP) is 5.33. The van der Waals surface area contributed by atoms with Gasteiger partial charge in [0.2, 0.25) is 0 Å². The van der Waals surface area contributed by atoms with Crippen LogP contribution < -0.4 is 9.64 Å². The molecule has 1 N–H and O–H groups in total. The number of para-hydroxylation sites is 2. The van der Waals surface area contributed by atoms with Gasteiger partial charge in [0.15, 0.2) is 5.58 Å². The highest BCUT2D eigenvalue weighted by Gasteiger charge is 2.32. The molecule has 0 amide bonds. The third kappa shape index (κ3) is 5.87. The van der Waals surface area contributed by atoms with E-state index < -0.39 is 11.4 Å². The molecule has 0 spiro atoms. The van der Waals surface area contributed by atoms with Crippen LogP contribution in [-0.4, -0.2) is 36.3 Å². The van der Waals surface area contributed by atoms with E-state index in [0.29, 0.717) is 32.0 Å². The van der Waals surface area contributed by atoms with Crippen molar-refractivity contribution in [1.29, 1.82) is 0 Å². The molecule has 0 radical (unpaired) electrons. The van der Waals surface area contributed by atoms with E-state index in [4.69, 9.17) is 9.15 Å². The highest BCUT2D eigenvalue weighted by atomic mass is 16.5. The molecule has 0 aliphatic heterocycles. The number of benzene rings is 2. The van der Waals surface area contributed by atoms with Crippen molar-refractivity contribution in [3.63, 3.8) is 0 Å². The van der Waals surface area contributed by atoms with Gasteiger partial charge in [-0.3, -0.25) is 4.79 Å². The number of likely N-dealkylation sites (N-methyl/N-ethyl adjacent to an activating group) is 1. The van der Waals surface area contributed by atoms with Gasteiger partial charge in [0.1, 0.15) is 17.9 Å². The Morgan fingerprint density at radius 1 is 1.19 bits per heavy atom. The third-order valence-corrected chi connectivity index (χ3v) is 5.30. The van der Waals surface area contributed by atoms with E-state index in [1.807, 2.05) is 80.4 Å². The average Bonchev–Trinajstić information content (AvgIpc) is 3.18. The molecule has 0 fully saturated rings. The van der Waals surface area contributed by atoms with Crippen LogP contribution in [0.3, 0.4) is 0 Å². The molecule has 1 aromatic heterocycles. The third-order valence-electron chi connectivity index (χ3n) is 5.30. The van der Waals surface area contributed by atoms with E-state index in [1.165, 1.54) is 0 Å². The number of rotatable bonds is 10. The standard InChI is InChI=1S/C25H30N2O4/c1-18(2)13-14-25(3,23(28)29)17-19-9-11-20(12-10-19)30-16-15-27(4)24-26-21-7-5-6-8-22(21)31-24/h5-13H,14-17H2,1-4H3,(H,28,29). The number of aliphatic carboxylic acids is 1. The predicted molar refractivity (Wildman–Crippen MR) is 123 cm³/mol. The Balaban J connectivity index is 1.54. The van der Waals surface area contributed by atoms with E-state index in [2.05, 4.69) is 4.98 Å². The van der Waals surface area contributed by atoms with Crippen LogP contribution in [0.5, 0.6) is 5.75 Å². The molecule has 0 saturated carbocycles. The molecule has 0 saturated heterocycles. The first-order valence-electron chi connectivity index (χ1n) is 10.4. The Morgan fingerprint density at radius 3 is 2.55 bits per heavy atom. The topological polar surface area (TPSA) is 75.8 Å². The van der Waals surface area contributed by atoms with Gasteiger partial charge in [-0.25, -0.2) is 0 Å². The minimum Gasteiger partial charge on any atom is -0.492 e. The van der Waals surface area contributed by atoms with Crippen LogP contribution in [0, 0.1) is 5.41 Å². The molecular weight excluding hydrogens is 392 g/mol. The van der Waals surface area contributed by atoms with Gasteiger partial charge in [0.05, 0.1) is 12.0 Å². The van der Waals surface area contributed by atoms with E-state index in [1.54, 1.807) is 6.92 Å². The summed E-state index contributed by atoms with van der Waals surface area (Å²) < 4.78 is 11.6. The van der Waals surface area contributed by atoms with Gasteiger partial charge in [0, 0.05) is 7.05 Å². The molecule has 31 heavy (non-hydrogen) atoms. The Labute approximate surface area is 183 Å². The first-order chi connectivity index (χ1) is 14.8. The smallest absolute Gasteiger partial charge is 0.310 e. The van der Waals surface area contributed by atoms with Gasteiger partial charge in [-0.15, -0.1) is 0 Å². The van der Waals surface area contributed by atoms with Gasteiger partial charge < -0.3 is 19.2 Å². The highest BCUT2D eigenvalue weighted by molar-refractivity contribution is 5.75. The number of allylic oxidation sites excluding steroid dienone is 2. The van der Waals surface area contributed by atoms with Crippen molar-refractivity contribution < 1.29 is 19.1 Å². The van der Waals surface area contributed by atoms with E-state index in [0.717, 1.165) is 28.0 Å². The number of anilines is 1. The van der Waals surface area contributed by atoms with Crippen molar-refractivity contribution in [2.45, 2.75) is 33.6 Å². The van der Waals surface area contributed by atoms with Crippen LogP contribution in [0.4, 0.5) is 6.01 Å². The Kier molecular flexibility index (Phi) is 7.00. The molecule has 6 nitrogen and oxygen atoms in total. The second kappa shape index (κ2) is 9.69. The zero-order chi connectivity index (χ0) is 22.4. The van der Waals surface area contributed by atoms with Crippen molar-refractivity contribution in [3.8, 4) is 5.75 Å². The molecule has 0 aliphatic carbocycles. The number of carboxylic acids is 1. The summed E-state index contributed by atoms with van der Waals surface area (Å²) >= 11 is 0. The van der Waals surface area contributed by atoms with Crippen molar-refractivity contribution in [2.24, 2.45) is 5.41 Å². The molecule has 164 valence electrons. The summed E-state index contributed by atoms with van der Waals surface area (Å²) in [5.74, 6) is -0.0383.